The molecule has 1 fully saturated rings. The van der Waals surface area contributed by atoms with Crippen LogP contribution in [0.5, 0.6) is 11.6 Å². The molecule has 1 saturated carbocycles. The molecule has 5 nitrogen and oxygen atoms in total. The number of hydrogen-bond donors (Lipinski definition) is 0. The number of rotatable bonds is 8. The first-order chi connectivity index (χ1) is 17.0. The number of halogens is 2. The van der Waals surface area contributed by atoms with E-state index in [4.69, 9.17) is 33.0 Å². The van der Waals surface area contributed by atoms with Gasteiger partial charge >= 0.3 is 0 Å². The molecule has 0 bridgehead atoms. The first kappa shape index (κ1) is 23.5. The van der Waals surface area contributed by atoms with Gasteiger partial charge < -0.3 is 9.64 Å². The Labute approximate surface area is 214 Å². The molecule has 0 saturated heterocycles. The zero-order valence-electron chi connectivity index (χ0n) is 19.3. The van der Waals surface area contributed by atoms with Gasteiger partial charge in [-0.05, 0) is 43.0 Å². The second-order valence-electron chi connectivity index (χ2n) is 8.76. The number of benzene rings is 3. The monoisotopic (exact) mass is 505 g/mol. The van der Waals surface area contributed by atoms with Crippen LogP contribution in [0.2, 0.25) is 10.0 Å². The number of amides is 1. The Morgan fingerprint density at radius 1 is 0.971 bits per heavy atom. The first-order valence-corrected chi connectivity index (χ1v) is 12.3. The fraction of sp³-hybridized carbons (Fsp3) is 0.214. The summed E-state index contributed by atoms with van der Waals surface area (Å²) < 4.78 is 8.01. The highest BCUT2D eigenvalue weighted by Crippen LogP contribution is 2.38. The van der Waals surface area contributed by atoms with Crippen LogP contribution >= 0.6 is 23.2 Å². The minimum atomic E-state index is -0.103. The van der Waals surface area contributed by atoms with E-state index < -0.39 is 0 Å². The van der Waals surface area contributed by atoms with Gasteiger partial charge in [0.2, 0.25) is 5.88 Å². The molecule has 1 aliphatic carbocycles. The van der Waals surface area contributed by atoms with Gasteiger partial charge in [0, 0.05) is 19.2 Å². The van der Waals surface area contributed by atoms with E-state index in [1.807, 2.05) is 72.6 Å². The van der Waals surface area contributed by atoms with E-state index in [1.165, 1.54) is 0 Å². The average molecular weight is 506 g/mol. The van der Waals surface area contributed by atoms with Crippen molar-refractivity contribution in [3.05, 3.63) is 100 Å². The molecule has 4 aromatic rings. The summed E-state index contributed by atoms with van der Waals surface area (Å²) in [4.78, 5) is 15.5. The highest BCUT2D eigenvalue weighted by Gasteiger charge is 2.31. The van der Waals surface area contributed by atoms with E-state index in [9.17, 15) is 4.79 Å². The molecule has 0 unspecified atom stereocenters. The van der Waals surface area contributed by atoms with Gasteiger partial charge in [-0.15, -0.1) is 0 Å². The van der Waals surface area contributed by atoms with Gasteiger partial charge in [-0.25, -0.2) is 4.68 Å². The first-order valence-electron chi connectivity index (χ1n) is 11.6. The van der Waals surface area contributed by atoms with E-state index in [1.54, 1.807) is 22.9 Å². The summed E-state index contributed by atoms with van der Waals surface area (Å²) in [5.74, 6) is 1.47. The third-order valence-corrected chi connectivity index (χ3v) is 6.74. The average Bonchev–Trinajstić information content (AvgIpc) is 3.64. The number of ether oxygens (including phenoxy) is 1. The number of carbonyl (C=O) groups excluding carboxylic acids is 1. The zero-order chi connectivity index (χ0) is 24.4. The molecule has 0 aliphatic heterocycles. The molecule has 1 aliphatic rings. The highest BCUT2D eigenvalue weighted by molar-refractivity contribution is 6.33. The van der Waals surface area contributed by atoms with Crippen molar-refractivity contribution in [2.24, 2.45) is 13.0 Å². The van der Waals surface area contributed by atoms with Gasteiger partial charge in [0.15, 0.2) is 0 Å². The normalized spacial score (nSPS) is 13.0. The summed E-state index contributed by atoms with van der Waals surface area (Å²) in [6.07, 6.45) is 2.24. The second kappa shape index (κ2) is 10.1. The van der Waals surface area contributed by atoms with Crippen molar-refractivity contribution in [3.8, 4) is 22.9 Å². The Balaban J connectivity index is 1.58. The van der Waals surface area contributed by atoms with E-state index in [2.05, 4.69) is 0 Å². The molecule has 7 heteroatoms. The number of hydrogen-bond acceptors (Lipinski definition) is 3. The second-order valence-corrected chi connectivity index (χ2v) is 9.58. The summed E-state index contributed by atoms with van der Waals surface area (Å²) in [5.41, 5.74) is 3.03. The molecule has 178 valence electrons. The summed E-state index contributed by atoms with van der Waals surface area (Å²) in [5, 5.41) is 5.74. The third kappa shape index (κ3) is 5.21. The van der Waals surface area contributed by atoms with E-state index in [-0.39, 0.29) is 5.91 Å². The molecule has 1 aromatic heterocycles. The number of aromatic nitrogens is 2. The molecule has 1 amide bonds. The lowest BCUT2D eigenvalue weighted by molar-refractivity contribution is 0.0734. The molecule has 35 heavy (non-hydrogen) atoms. The molecule has 1 heterocycles. The fourth-order valence-electron chi connectivity index (χ4n) is 4.11. The number of aryl methyl sites for hydroxylation is 1. The van der Waals surface area contributed by atoms with Crippen LogP contribution in [0.1, 0.15) is 28.8 Å². The lowest BCUT2D eigenvalue weighted by Crippen LogP contribution is -2.33. The minimum Gasteiger partial charge on any atom is -0.437 e. The van der Waals surface area contributed by atoms with Crippen LogP contribution < -0.4 is 4.74 Å². The van der Waals surface area contributed by atoms with Gasteiger partial charge in [-0.3, -0.25) is 4.79 Å². The molecular weight excluding hydrogens is 481 g/mol. The Morgan fingerprint density at radius 2 is 1.63 bits per heavy atom. The van der Waals surface area contributed by atoms with Crippen LogP contribution in [0.3, 0.4) is 0 Å². The molecule has 0 atom stereocenters. The standard InChI is InChI=1S/C28H25Cl2N3O2/c1-32-28(35-25-14-8-7-13-24(25)30)22(26(31-32)20-9-3-2-4-10-20)18-33(17-19-15-16-19)27(34)21-11-5-6-12-23(21)29/h2-14,19H,15-18H2,1H3. The van der Waals surface area contributed by atoms with Gasteiger partial charge in [-0.2, -0.15) is 5.10 Å². The largest absolute Gasteiger partial charge is 0.437 e. The molecule has 0 N–H and O–H groups in total. The lowest BCUT2D eigenvalue weighted by Gasteiger charge is -2.24. The van der Waals surface area contributed by atoms with Crippen LogP contribution in [0.15, 0.2) is 78.9 Å². The van der Waals surface area contributed by atoms with E-state index >= 15 is 0 Å². The number of carbonyl (C=O) groups is 1. The van der Waals surface area contributed by atoms with Crippen molar-refractivity contribution in [1.82, 2.24) is 14.7 Å². The smallest absolute Gasteiger partial charge is 0.255 e. The van der Waals surface area contributed by atoms with E-state index in [0.29, 0.717) is 46.2 Å². The molecule has 0 radical (unpaired) electrons. The topological polar surface area (TPSA) is 47.4 Å². The minimum absolute atomic E-state index is 0.103. The zero-order valence-corrected chi connectivity index (χ0v) is 20.8. The number of nitrogens with zero attached hydrogens (tertiary/aromatic N) is 3. The Hall–Kier alpha value is -3.28. The van der Waals surface area contributed by atoms with Crippen molar-refractivity contribution >= 4 is 29.1 Å². The van der Waals surface area contributed by atoms with Crippen molar-refractivity contribution in [3.63, 3.8) is 0 Å². The van der Waals surface area contributed by atoms with Crippen molar-refractivity contribution in [2.45, 2.75) is 19.4 Å². The van der Waals surface area contributed by atoms with Gasteiger partial charge in [0.05, 0.1) is 27.7 Å². The fourth-order valence-corrected chi connectivity index (χ4v) is 4.50. The summed E-state index contributed by atoms with van der Waals surface area (Å²) >= 11 is 12.8. The van der Waals surface area contributed by atoms with Crippen molar-refractivity contribution in [1.29, 1.82) is 0 Å². The van der Waals surface area contributed by atoms with Crippen LogP contribution in [0.4, 0.5) is 0 Å². The SMILES string of the molecule is Cn1nc(-c2ccccc2)c(CN(CC2CC2)C(=O)c2ccccc2Cl)c1Oc1ccccc1Cl. The van der Waals surface area contributed by atoms with Gasteiger partial charge in [0.25, 0.3) is 5.91 Å². The third-order valence-electron chi connectivity index (χ3n) is 6.09. The van der Waals surface area contributed by atoms with Crippen LogP contribution in [-0.4, -0.2) is 27.1 Å². The van der Waals surface area contributed by atoms with Gasteiger partial charge in [0.1, 0.15) is 11.4 Å². The molecule has 0 spiro atoms. The summed E-state index contributed by atoms with van der Waals surface area (Å²) in [6, 6.07) is 24.4. The van der Waals surface area contributed by atoms with Crippen molar-refractivity contribution in [2.75, 3.05) is 6.54 Å². The van der Waals surface area contributed by atoms with Crippen LogP contribution in [-0.2, 0) is 13.6 Å². The highest BCUT2D eigenvalue weighted by atomic mass is 35.5. The summed E-state index contributed by atoms with van der Waals surface area (Å²) in [6.45, 7) is 0.983. The predicted octanol–water partition coefficient (Wildman–Crippen LogP) is 7.24. The maximum atomic E-state index is 13.7. The maximum Gasteiger partial charge on any atom is 0.255 e. The summed E-state index contributed by atoms with van der Waals surface area (Å²) in [7, 11) is 1.84. The Kier molecular flexibility index (Phi) is 6.80. The lowest BCUT2D eigenvalue weighted by atomic mass is 10.1. The Bertz CT molecular complexity index is 1350. The van der Waals surface area contributed by atoms with Gasteiger partial charge in [-0.1, -0.05) is 77.8 Å². The quantitative estimate of drug-likeness (QED) is 0.253. The number of para-hydroxylation sites is 1. The Morgan fingerprint density at radius 3 is 2.31 bits per heavy atom. The molecule has 5 rings (SSSR count). The molecular formula is C28H25Cl2N3O2. The van der Waals surface area contributed by atoms with E-state index in [0.717, 1.165) is 29.7 Å². The molecule has 3 aromatic carbocycles. The maximum absolute atomic E-state index is 13.7. The van der Waals surface area contributed by atoms with Crippen LogP contribution in [0.25, 0.3) is 11.3 Å². The predicted molar refractivity (Wildman–Crippen MR) is 139 cm³/mol. The van der Waals surface area contributed by atoms with Crippen LogP contribution in [0, 0.1) is 5.92 Å². The van der Waals surface area contributed by atoms with Crippen molar-refractivity contribution < 1.29 is 9.53 Å².